The fraction of sp³-hybridized carbons (Fsp3) is 0.556. The highest BCUT2D eigenvalue weighted by molar-refractivity contribution is 5.76. The van der Waals surface area contributed by atoms with Crippen molar-refractivity contribution in [1.82, 2.24) is 24.4 Å². The maximum atomic E-state index is 12.7. The van der Waals surface area contributed by atoms with Gasteiger partial charge in [0.25, 0.3) is 0 Å². The highest BCUT2D eigenvalue weighted by Gasteiger charge is 2.25. The molecule has 1 fully saturated rings. The first kappa shape index (κ1) is 17.4. The van der Waals surface area contributed by atoms with E-state index >= 15 is 0 Å². The van der Waals surface area contributed by atoms with Crippen LogP contribution in [-0.4, -0.2) is 50.5 Å². The quantitative estimate of drug-likeness (QED) is 0.866. The van der Waals surface area contributed by atoms with E-state index in [9.17, 15) is 4.79 Å². The van der Waals surface area contributed by atoms with E-state index in [1.165, 1.54) is 0 Å². The summed E-state index contributed by atoms with van der Waals surface area (Å²) in [6, 6.07) is 0. The minimum Gasteiger partial charge on any atom is -0.372 e. The van der Waals surface area contributed by atoms with Crippen LogP contribution in [0.5, 0.6) is 0 Å². The van der Waals surface area contributed by atoms with Crippen LogP contribution in [0.25, 0.3) is 0 Å². The van der Waals surface area contributed by atoms with Crippen molar-refractivity contribution < 1.29 is 4.79 Å². The van der Waals surface area contributed by atoms with E-state index in [2.05, 4.69) is 27.2 Å². The first-order valence-corrected chi connectivity index (χ1v) is 8.96. The van der Waals surface area contributed by atoms with Crippen molar-refractivity contribution in [2.75, 3.05) is 25.5 Å². The van der Waals surface area contributed by atoms with Gasteiger partial charge >= 0.3 is 0 Å². The molecule has 1 aliphatic heterocycles. The summed E-state index contributed by atoms with van der Waals surface area (Å²) < 4.78 is 1.95. The summed E-state index contributed by atoms with van der Waals surface area (Å²) in [4.78, 5) is 27.8. The van der Waals surface area contributed by atoms with Gasteiger partial charge in [0.2, 0.25) is 5.91 Å². The molecule has 7 nitrogen and oxygen atoms in total. The number of hydrogen-bond donors (Lipinski definition) is 1. The Labute approximate surface area is 148 Å². The molecule has 0 spiro atoms. The maximum Gasteiger partial charge on any atom is 0.242 e. The molecule has 1 aliphatic rings. The highest BCUT2D eigenvalue weighted by Crippen LogP contribution is 2.22. The number of hydrogen-bond acceptors (Lipinski definition) is 5. The number of nitrogens with one attached hydrogen (secondary N) is 1. The Balaban J connectivity index is 1.61. The zero-order chi connectivity index (χ0) is 17.6. The SMILES string of the molecule is CCc1nccn1CC(=O)N1CCC[C@@H](Cc2nccnc2NC)C1. The van der Waals surface area contributed by atoms with E-state index in [4.69, 9.17) is 0 Å². The summed E-state index contributed by atoms with van der Waals surface area (Å²) in [6.45, 7) is 4.06. The molecule has 2 aromatic rings. The largest absolute Gasteiger partial charge is 0.372 e. The lowest BCUT2D eigenvalue weighted by atomic mass is 9.93. The Hall–Kier alpha value is -2.44. The third kappa shape index (κ3) is 4.15. The standard InChI is InChI=1S/C18H26N6O/c1-3-16-21-8-10-23(16)13-17(25)24-9-4-5-14(12-24)11-15-18(19-2)22-7-6-20-15/h6-8,10,14H,3-5,9,11-13H2,1-2H3,(H,19,22)/t14-/m0/s1. The Morgan fingerprint density at radius 2 is 2.12 bits per heavy atom. The first-order valence-electron chi connectivity index (χ1n) is 8.96. The number of rotatable bonds is 6. The molecule has 134 valence electrons. The molecule has 1 atom stereocenters. The van der Waals surface area contributed by atoms with Crippen LogP contribution in [0, 0.1) is 5.92 Å². The lowest BCUT2D eigenvalue weighted by molar-refractivity contribution is -0.133. The Morgan fingerprint density at radius 1 is 1.28 bits per heavy atom. The summed E-state index contributed by atoms with van der Waals surface area (Å²) in [5, 5.41) is 3.10. The second kappa shape index (κ2) is 8.09. The summed E-state index contributed by atoms with van der Waals surface area (Å²) >= 11 is 0. The van der Waals surface area contributed by atoms with E-state index in [-0.39, 0.29) is 5.91 Å². The van der Waals surface area contributed by atoms with Crippen molar-refractivity contribution in [2.45, 2.75) is 39.2 Å². The van der Waals surface area contributed by atoms with Crippen molar-refractivity contribution in [2.24, 2.45) is 5.92 Å². The number of piperidine rings is 1. The topological polar surface area (TPSA) is 75.9 Å². The molecule has 0 unspecified atom stereocenters. The molecule has 1 N–H and O–H groups in total. The number of amides is 1. The number of aryl methyl sites for hydroxylation is 1. The summed E-state index contributed by atoms with van der Waals surface area (Å²) in [5.74, 6) is 2.39. The van der Waals surface area contributed by atoms with E-state index in [1.807, 2.05) is 22.7 Å². The smallest absolute Gasteiger partial charge is 0.242 e. The van der Waals surface area contributed by atoms with Gasteiger partial charge in [-0.1, -0.05) is 6.92 Å². The van der Waals surface area contributed by atoms with Gasteiger partial charge in [0, 0.05) is 51.3 Å². The van der Waals surface area contributed by atoms with E-state index in [1.54, 1.807) is 18.6 Å². The average Bonchev–Trinajstić information content (AvgIpc) is 3.09. The van der Waals surface area contributed by atoms with Crippen molar-refractivity contribution in [3.05, 3.63) is 36.3 Å². The predicted molar refractivity (Wildman–Crippen MR) is 96.2 cm³/mol. The van der Waals surface area contributed by atoms with E-state index in [0.29, 0.717) is 12.5 Å². The fourth-order valence-corrected chi connectivity index (χ4v) is 3.50. The molecule has 2 aromatic heterocycles. The normalized spacial score (nSPS) is 17.5. The van der Waals surface area contributed by atoms with Crippen molar-refractivity contribution in [3.63, 3.8) is 0 Å². The number of carbonyl (C=O) groups excluding carboxylic acids is 1. The lowest BCUT2D eigenvalue weighted by Crippen LogP contribution is -2.42. The Bertz CT molecular complexity index is 713. The molecule has 0 saturated carbocycles. The third-order valence-corrected chi connectivity index (χ3v) is 4.79. The molecule has 3 heterocycles. The lowest BCUT2D eigenvalue weighted by Gasteiger charge is -2.33. The molecule has 0 bridgehead atoms. The zero-order valence-corrected chi connectivity index (χ0v) is 15.0. The van der Waals surface area contributed by atoms with Gasteiger partial charge in [0.1, 0.15) is 18.2 Å². The fourth-order valence-electron chi connectivity index (χ4n) is 3.50. The first-order chi connectivity index (χ1) is 12.2. The average molecular weight is 342 g/mol. The van der Waals surface area contributed by atoms with Gasteiger partial charge in [0.05, 0.1) is 5.69 Å². The predicted octanol–water partition coefficient (Wildman–Crippen LogP) is 1.76. The van der Waals surface area contributed by atoms with Crippen LogP contribution in [0.2, 0.25) is 0 Å². The molecule has 0 aliphatic carbocycles. The minimum absolute atomic E-state index is 0.172. The summed E-state index contributed by atoms with van der Waals surface area (Å²) in [6.07, 6.45) is 10.9. The van der Waals surface area contributed by atoms with Crippen LogP contribution in [0.1, 0.15) is 31.3 Å². The number of nitrogens with zero attached hydrogens (tertiary/aromatic N) is 5. The maximum absolute atomic E-state index is 12.7. The van der Waals surface area contributed by atoms with Gasteiger partial charge in [-0.05, 0) is 25.2 Å². The molecule has 7 heteroatoms. The number of anilines is 1. The van der Waals surface area contributed by atoms with Gasteiger partial charge in [-0.2, -0.15) is 0 Å². The number of imidazole rings is 1. The molecule has 1 amide bonds. The van der Waals surface area contributed by atoms with Gasteiger partial charge < -0.3 is 14.8 Å². The van der Waals surface area contributed by atoms with E-state index in [0.717, 1.165) is 56.1 Å². The molecular formula is C18H26N6O. The summed E-state index contributed by atoms with van der Waals surface area (Å²) in [5.41, 5.74) is 0.979. The van der Waals surface area contributed by atoms with Crippen LogP contribution in [-0.2, 0) is 24.2 Å². The molecule has 0 radical (unpaired) electrons. The van der Waals surface area contributed by atoms with Gasteiger partial charge in [-0.3, -0.25) is 9.78 Å². The molecule has 3 rings (SSSR count). The van der Waals surface area contributed by atoms with Crippen molar-refractivity contribution in [3.8, 4) is 0 Å². The highest BCUT2D eigenvalue weighted by atomic mass is 16.2. The van der Waals surface area contributed by atoms with Gasteiger partial charge in [-0.25, -0.2) is 9.97 Å². The van der Waals surface area contributed by atoms with Crippen LogP contribution in [0.4, 0.5) is 5.82 Å². The Kier molecular flexibility index (Phi) is 5.63. The number of aromatic nitrogens is 4. The third-order valence-electron chi connectivity index (χ3n) is 4.79. The summed E-state index contributed by atoms with van der Waals surface area (Å²) in [7, 11) is 1.86. The van der Waals surface area contributed by atoms with Crippen LogP contribution in [0.15, 0.2) is 24.8 Å². The Morgan fingerprint density at radius 3 is 2.92 bits per heavy atom. The van der Waals surface area contributed by atoms with E-state index < -0.39 is 0 Å². The molecule has 0 aromatic carbocycles. The monoisotopic (exact) mass is 342 g/mol. The molecule has 1 saturated heterocycles. The van der Waals surface area contributed by atoms with Crippen LogP contribution < -0.4 is 5.32 Å². The second-order valence-corrected chi connectivity index (χ2v) is 6.48. The van der Waals surface area contributed by atoms with Gasteiger partial charge in [0.15, 0.2) is 0 Å². The van der Waals surface area contributed by atoms with Crippen LogP contribution >= 0.6 is 0 Å². The minimum atomic E-state index is 0.172. The zero-order valence-electron chi connectivity index (χ0n) is 15.0. The molecular weight excluding hydrogens is 316 g/mol. The number of likely N-dealkylation sites (tertiary alicyclic amines) is 1. The van der Waals surface area contributed by atoms with Crippen molar-refractivity contribution in [1.29, 1.82) is 0 Å². The second-order valence-electron chi connectivity index (χ2n) is 6.48. The van der Waals surface area contributed by atoms with Crippen molar-refractivity contribution >= 4 is 11.7 Å². The number of carbonyl (C=O) groups is 1. The van der Waals surface area contributed by atoms with Gasteiger partial charge in [-0.15, -0.1) is 0 Å². The van der Waals surface area contributed by atoms with Crippen LogP contribution in [0.3, 0.4) is 0 Å². The molecule has 25 heavy (non-hydrogen) atoms.